The number of rotatable bonds is 7. The summed E-state index contributed by atoms with van der Waals surface area (Å²) < 4.78 is 37.9. The van der Waals surface area contributed by atoms with Gasteiger partial charge in [0.2, 0.25) is 10.0 Å². The molecule has 0 amide bonds. The molecule has 1 aliphatic heterocycles. The molecule has 0 bridgehead atoms. The molecule has 1 aromatic carbocycles. The lowest BCUT2D eigenvalue weighted by atomic mass is 10.1. The minimum atomic E-state index is -3.86. The predicted molar refractivity (Wildman–Crippen MR) is 92.8 cm³/mol. The van der Waals surface area contributed by atoms with Crippen molar-refractivity contribution < 1.29 is 27.8 Å². The Bertz CT molecular complexity index is 736. The van der Waals surface area contributed by atoms with Crippen LogP contribution >= 0.6 is 11.6 Å². The normalized spacial score (nSPS) is 19.1. The highest BCUT2D eigenvalue weighted by Gasteiger charge is 2.33. The third-order valence-corrected chi connectivity index (χ3v) is 6.36. The smallest absolute Gasteiger partial charge is 0.336 e. The van der Waals surface area contributed by atoms with Gasteiger partial charge in [-0.05, 0) is 37.5 Å². The van der Waals surface area contributed by atoms with Crippen molar-refractivity contribution >= 4 is 27.6 Å². The molecular weight excluding hydrogens is 370 g/mol. The largest absolute Gasteiger partial charge is 0.478 e. The maximum absolute atomic E-state index is 13.0. The average molecular weight is 392 g/mol. The molecule has 2 rings (SSSR count). The maximum atomic E-state index is 13.0. The summed E-state index contributed by atoms with van der Waals surface area (Å²) in [7, 11) is -2.29. The Morgan fingerprint density at radius 2 is 2.12 bits per heavy atom. The standard InChI is InChI=1S/C16H22ClNO6S/c1-11-14(16(19)20)8-12(17)9-15(11)25(21,22)18-5-3-4-13(10-18)24-7-6-23-2/h8-9,13H,3-7,10H2,1-2H3,(H,19,20). The Labute approximate surface area is 152 Å². The number of benzene rings is 1. The van der Waals surface area contributed by atoms with E-state index in [1.165, 1.54) is 23.4 Å². The number of carboxylic acid groups (broad SMARTS) is 1. The van der Waals surface area contributed by atoms with Crippen molar-refractivity contribution in [3.63, 3.8) is 0 Å². The van der Waals surface area contributed by atoms with Gasteiger partial charge in [0.05, 0.1) is 29.8 Å². The lowest BCUT2D eigenvalue weighted by Crippen LogP contribution is -2.43. The minimum absolute atomic E-state index is 0.0741. The summed E-state index contributed by atoms with van der Waals surface area (Å²) >= 11 is 5.94. The average Bonchev–Trinajstić information content (AvgIpc) is 2.57. The third-order valence-electron chi connectivity index (χ3n) is 4.15. The molecule has 25 heavy (non-hydrogen) atoms. The summed E-state index contributed by atoms with van der Waals surface area (Å²) in [6, 6.07) is 2.55. The second kappa shape index (κ2) is 8.46. The van der Waals surface area contributed by atoms with E-state index in [9.17, 15) is 18.3 Å². The van der Waals surface area contributed by atoms with Gasteiger partial charge in [-0.25, -0.2) is 13.2 Å². The van der Waals surface area contributed by atoms with Crippen LogP contribution in [0, 0.1) is 6.92 Å². The molecule has 1 heterocycles. The molecular formula is C16H22ClNO6S. The fourth-order valence-corrected chi connectivity index (χ4v) is 4.91. The Morgan fingerprint density at radius 1 is 1.40 bits per heavy atom. The van der Waals surface area contributed by atoms with Crippen LogP contribution in [-0.4, -0.2) is 63.3 Å². The molecule has 1 aliphatic rings. The van der Waals surface area contributed by atoms with Crippen LogP contribution in [0.25, 0.3) is 0 Å². The first-order chi connectivity index (χ1) is 11.8. The summed E-state index contributed by atoms with van der Waals surface area (Å²) in [4.78, 5) is 11.3. The number of sulfonamides is 1. The molecule has 1 atom stereocenters. The molecule has 1 fully saturated rings. The summed E-state index contributed by atoms with van der Waals surface area (Å²) in [6.07, 6.45) is 1.23. The second-order valence-corrected chi connectivity index (χ2v) is 8.22. The van der Waals surface area contributed by atoms with Crippen molar-refractivity contribution in [1.29, 1.82) is 0 Å². The van der Waals surface area contributed by atoms with E-state index >= 15 is 0 Å². The van der Waals surface area contributed by atoms with E-state index in [0.717, 1.165) is 6.42 Å². The topological polar surface area (TPSA) is 93.1 Å². The van der Waals surface area contributed by atoms with E-state index in [-0.39, 0.29) is 33.7 Å². The Morgan fingerprint density at radius 3 is 2.76 bits per heavy atom. The number of aromatic carboxylic acids is 1. The highest BCUT2D eigenvalue weighted by molar-refractivity contribution is 7.89. The minimum Gasteiger partial charge on any atom is -0.478 e. The Balaban J connectivity index is 2.28. The predicted octanol–water partition coefficient (Wildman–Crippen LogP) is 2.16. The zero-order chi connectivity index (χ0) is 18.6. The van der Waals surface area contributed by atoms with E-state index < -0.39 is 16.0 Å². The number of carboxylic acids is 1. The first kappa shape index (κ1) is 20.1. The first-order valence-electron chi connectivity index (χ1n) is 7.91. The van der Waals surface area contributed by atoms with E-state index in [1.807, 2.05) is 0 Å². The summed E-state index contributed by atoms with van der Waals surface area (Å²) in [5, 5.41) is 9.33. The Kier molecular flexibility index (Phi) is 6.81. The molecule has 1 aromatic rings. The van der Waals surface area contributed by atoms with Crippen molar-refractivity contribution in [2.45, 2.75) is 30.8 Å². The van der Waals surface area contributed by atoms with Crippen molar-refractivity contribution in [1.82, 2.24) is 4.31 Å². The molecule has 0 aliphatic carbocycles. The first-order valence-corrected chi connectivity index (χ1v) is 9.73. The molecule has 140 valence electrons. The van der Waals surface area contributed by atoms with Gasteiger partial charge in [0.15, 0.2) is 0 Å². The van der Waals surface area contributed by atoms with Crippen LogP contribution in [0.15, 0.2) is 17.0 Å². The van der Waals surface area contributed by atoms with Gasteiger partial charge in [0.1, 0.15) is 0 Å². The van der Waals surface area contributed by atoms with Crippen LogP contribution in [-0.2, 0) is 19.5 Å². The van der Waals surface area contributed by atoms with Gasteiger partial charge in [-0.2, -0.15) is 4.31 Å². The summed E-state index contributed by atoms with van der Waals surface area (Å²) in [5.74, 6) is -1.21. The molecule has 1 saturated heterocycles. The van der Waals surface area contributed by atoms with Crippen molar-refractivity contribution in [3.8, 4) is 0 Å². The van der Waals surface area contributed by atoms with Gasteiger partial charge >= 0.3 is 5.97 Å². The van der Waals surface area contributed by atoms with Crippen LogP contribution in [0.2, 0.25) is 5.02 Å². The van der Waals surface area contributed by atoms with Crippen molar-refractivity contribution in [3.05, 3.63) is 28.3 Å². The Hall–Kier alpha value is -1.19. The molecule has 1 N–H and O–H groups in total. The maximum Gasteiger partial charge on any atom is 0.336 e. The molecule has 0 radical (unpaired) electrons. The van der Waals surface area contributed by atoms with Crippen LogP contribution in [0.4, 0.5) is 0 Å². The van der Waals surface area contributed by atoms with Gasteiger partial charge in [-0.15, -0.1) is 0 Å². The van der Waals surface area contributed by atoms with Gasteiger partial charge < -0.3 is 14.6 Å². The van der Waals surface area contributed by atoms with Gasteiger partial charge in [-0.1, -0.05) is 11.6 Å². The lowest BCUT2D eigenvalue weighted by molar-refractivity contribution is -0.00652. The molecule has 9 heteroatoms. The fourth-order valence-electron chi connectivity index (χ4n) is 2.84. The number of carbonyl (C=O) groups is 1. The molecule has 0 saturated carbocycles. The molecule has 7 nitrogen and oxygen atoms in total. The van der Waals surface area contributed by atoms with Crippen LogP contribution in [0.3, 0.4) is 0 Å². The number of hydrogen-bond donors (Lipinski definition) is 1. The highest BCUT2D eigenvalue weighted by Crippen LogP contribution is 2.29. The molecule has 0 aromatic heterocycles. The number of ether oxygens (including phenoxy) is 2. The van der Waals surface area contributed by atoms with E-state index in [1.54, 1.807) is 7.11 Å². The summed E-state index contributed by atoms with van der Waals surface area (Å²) in [6.45, 7) is 2.90. The zero-order valence-corrected chi connectivity index (χ0v) is 15.8. The van der Waals surface area contributed by atoms with E-state index in [0.29, 0.717) is 26.2 Å². The van der Waals surface area contributed by atoms with Crippen LogP contribution in [0.1, 0.15) is 28.8 Å². The number of methoxy groups -OCH3 is 1. The van der Waals surface area contributed by atoms with Crippen molar-refractivity contribution in [2.24, 2.45) is 0 Å². The van der Waals surface area contributed by atoms with Crippen LogP contribution < -0.4 is 0 Å². The monoisotopic (exact) mass is 391 g/mol. The SMILES string of the molecule is COCCOC1CCCN(S(=O)(=O)c2cc(Cl)cc(C(=O)O)c2C)C1. The zero-order valence-electron chi connectivity index (χ0n) is 14.2. The number of halogens is 1. The van der Waals surface area contributed by atoms with E-state index in [2.05, 4.69) is 0 Å². The van der Waals surface area contributed by atoms with Gasteiger partial charge in [0.25, 0.3) is 0 Å². The number of piperidine rings is 1. The third kappa shape index (κ3) is 4.71. The highest BCUT2D eigenvalue weighted by atomic mass is 35.5. The fraction of sp³-hybridized carbons (Fsp3) is 0.562. The number of hydrogen-bond acceptors (Lipinski definition) is 5. The lowest BCUT2D eigenvalue weighted by Gasteiger charge is -2.32. The second-order valence-electron chi connectivity index (χ2n) is 5.87. The number of nitrogens with zero attached hydrogens (tertiary/aromatic N) is 1. The van der Waals surface area contributed by atoms with Crippen LogP contribution in [0.5, 0.6) is 0 Å². The quantitative estimate of drug-likeness (QED) is 0.716. The molecule has 1 unspecified atom stereocenters. The van der Waals surface area contributed by atoms with Gasteiger partial charge in [-0.3, -0.25) is 0 Å². The molecule has 0 spiro atoms. The summed E-state index contributed by atoms with van der Waals surface area (Å²) in [5.41, 5.74) is 0.0651. The van der Waals surface area contributed by atoms with E-state index in [4.69, 9.17) is 21.1 Å². The van der Waals surface area contributed by atoms with Gasteiger partial charge in [0, 0.05) is 25.2 Å². The van der Waals surface area contributed by atoms with Crippen molar-refractivity contribution in [2.75, 3.05) is 33.4 Å².